The van der Waals surface area contributed by atoms with Crippen molar-refractivity contribution in [2.45, 2.75) is 19.9 Å². The number of hydrogen-bond donors (Lipinski definition) is 3. The number of fused-ring (bicyclic) bond motifs is 1. The van der Waals surface area contributed by atoms with E-state index in [1.165, 1.54) is 0 Å². The zero-order valence-corrected chi connectivity index (χ0v) is 9.43. The summed E-state index contributed by atoms with van der Waals surface area (Å²) in [6, 6.07) is 2.33. The van der Waals surface area contributed by atoms with Crippen LogP contribution in [0.2, 0.25) is 0 Å². The molecule has 0 aromatic carbocycles. The fourth-order valence-corrected chi connectivity index (χ4v) is 2.07. The van der Waals surface area contributed by atoms with E-state index >= 15 is 0 Å². The molecule has 2 rings (SSSR count). The summed E-state index contributed by atoms with van der Waals surface area (Å²) in [5.74, 6) is 6.57. The number of aromatic nitrogens is 2. The highest BCUT2D eigenvalue weighted by molar-refractivity contribution is 7.16. The molecular weight excluding hydrogens is 210 g/mol. The van der Waals surface area contributed by atoms with Crippen LogP contribution < -0.4 is 16.6 Å². The molecule has 0 bridgehead atoms. The minimum absolute atomic E-state index is 0.327. The number of hydrazine groups is 1. The Morgan fingerprint density at radius 2 is 2.20 bits per heavy atom. The molecule has 0 radical (unpaired) electrons. The lowest BCUT2D eigenvalue weighted by atomic mass is 10.3. The summed E-state index contributed by atoms with van der Waals surface area (Å²) in [6.07, 6.45) is 0. The topological polar surface area (TPSA) is 75.9 Å². The van der Waals surface area contributed by atoms with Gasteiger partial charge in [-0.25, -0.2) is 10.8 Å². The molecule has 2 aromatic rings. The van der Waals surface area contributed by atoms with Gasteiger partial charge in [-0.05, 0) is 25.3 Å². The molecule has 4 N–H and O–H groups in total. The van der Waals surface area contributed by atoms with E-state index in [1.54, 1.807) is 11.3 Å². The van der Waals surface area contributed by atoms with Gasteiger partial charge in [0.2, 0.25) is 5.95 Å². The first-order chi connectivity index (χ1) is 7.20. The van der Waals surface area contributed by atoms with Gasteiger partial charge in [0, 0.05) is 6.04 Å². The number of nitrogens with one attached hydrogen (secondary N) is 2. The number of rotatable bonds is 3. The van der Waals surface area contributed by atoms with E-state index < -0.39 is 0 Å². The zero-order chi connectivity index (χ0) is 10.8. The molecule has 2 heterocycles. The van der Waals surface area contributed by atoms with Crippen molar-refractivity contribution >= 4 is 33.3 Å². The average molecular weight is 223 g/mol. The van der Waals surface area contributed by atoms with Crippen LogP contribution in [-0.2, 0) is 0 Å². The quantitative estimate of drug-likeness (QED) is 0.546. The molecule has 0 aliphatic carbocycles. The summed E-state index contributed by atoms with van der Waals surface area (Å²) in [5, 5.41) is 6.29. The Kier molecular flexibility index (Phi) is 2.70. The second-order valence-corrected chi connectivity index (χ2v) is 4.37. The second kappa shape index (κ2) is 4.00. The monoisotopic (exact) mass is 223 g/mol. The first-order valence-electron chi connectivity index (χ1n) is 4.69. The van der Waals surface area contributed by atoms with Gasteiger partial charge in [0.05, 0.1) is 5.39 Å². The van der Waals surface area contributed by atoms with Crippen LogP contribution in [0.5, 0.6) is 0 Å². The maximum absolute atomic E-state index is 5.31. The SMILES string of the molecule is CC(C)Nc1nc(NN)nc2sccc12. The first-order valence-corrected chi connectivity index (χ1v) is 5.57. The molecule has 2 aromatic heterocycles. The molecule has 5 nitrogen and oxygen atoms in total. The Labute approximate surface area is 91.7 Å². The van der Waals surface area contributed by atoms with Gasteiger partial charge in [-0.3, -0.25) is 5.43 Å². The van der Waals surface area contributed by atoms with E-state index in [0.717, 1.165) is 16.0 Å². The highest BCUT2D eigenvalue weighted by Crippen LogP contribution is 2.26. The lowest BCUT2D eigenvalue weighted by Gasteiger charge is -2.10. The Morgan fingerprint density at radius 3 is 2.87 bits per heavy atom. The van der Waals surface area contributed by atoms with Gasteiger partial charge in [0.1, 0.15) is 10.6 Å². The average Bonchev–Trinajstić information content (AvgIpc) is 2.64. The molecule has 6 heteroatoms. The van der Waals surface area contributed by atoms with Gasteiger partial charge in [-0.15, -0.1) is 11.3 Å². The van der Waals surface area contributed by atoms with Crippen LogP contribution in [0.4, 0.5) is 11.8 Å². The molecule has 0 aliphatic heterocycles. The third-order valence-electron chi connectivity index (χ3n) is 1.88. The minimum Gasteiger partial charge on any atom is -0.367 e. The van der Waals surface area contributed by atoms with Gasteiger partial charge >= 0.3 is 0 Å². The summed E-state index contributed by atoms with van der Waals surface area (Å²) in [4.78, 5) is 9.46. The Balaban J connectivity index is 2.53. The van der Waals surface area contributed by atoms with E-state index in [0.29, 0.717) is 12.0 Å². The molecule has 0 fully saturated rings. The van der Waals surface area contributed by atoms with Crippen LogP contribution in [0.1, 0.15) is 13.8 Å². The summed E-state index contributed by atoms with van der Waals surface area (Å²) in [5.41, 5.74) is 2.47. The smallest absolute Gasteiger partial charge is 0.240 e. The molecule has 0 spiro atoms. The third kappa shape index (κ3) is 2.00. The normalized spacial score (nSPS) is 10.9. The summed E-state index contributed by atoms with van der Waals surface area (Å²) < 4.78 is 0. The number of nitrogens with two attached hydrogens (primary N) is 1. The number of thiophene rings is 1. The fraction of sp³-hybridized carbons (Fsp3) is 0.333. The van der Waals surface area contributed by atoms with Gasteiger partial charge in [0.15, 0.2) is 0 Å². The Bertz CT molecular complexity index is 464. The van der Waals surface area contributed by atoms with E-state index in [2.05, 4.69) is 34.6 Å². The van der Waals surface area contributed by atoms with Crippen molar-refractivity contribution in [1.82, 2.24) is 9.97 Å². The minimum atomic E-state index is 0.327. The van der Waals surface area contributed by atoms with Gasteiger partial charge in [0.25, 0.3) is 0 Å². The third-order valence-corrected chi connectivity index (χ3v) is 2.69. The van der Waals surface area contributed by atoms with Crippen LogP contribution in [0, 0.1) is 0 Å². The summed E-state index contributed by atoms with van der Waals surface area (Å²) in [7, 11) is 0. The lowest BCUT2D eigenvalue weighted by molar-refractivity contribution is 0.890. The van der Waals surface area contributed by atoms with Crippen molar-refractivity contribution in [3.63, 3.8) is 0 Å². The van der Waals surface area contributed by atoms with Crippen molar-refractivity contribution in [2.75, 3.05) is 10.7 Å². The van der Waals surface area contributed by atoms with Crippen molar-refractivity contribution < 1.29 is 0 Å². The number of hydrogen-bond acceptors (Lipinski definition) is 6. The maximum Gasteiger partial charge on any atom is 0.240 e. The summed E-state index contributed by atoms with van der Waals surface area (Å²) in [6.45, 7) is 4.13. The van der Waals surface area contributed by atoms with Gasteiger partial charge in [-0.1, -0.05) is 0 Å². The predicted octanol–water partition coefficient (Wildman–Crippen LogP) is 1.80. The molecule has 0 saturated carbocycles. The van der Waals surface area contributed by atoms with Crippen LogP contribution in [-0.4, -0.2) is 16.0 Å². The van der Waals surface area contributed by atoms with Crippen LogP contribution in [0.15, 0.2) is 11.4 Å². The molecule has 0 amide bonds. The zero-order valence-electron chi connectivity index (χ0n) is 8.61. The molecular formula is C9H13N5S. The molecule has 0 saturated heterocycles. The van der Waals surface area contributed by atoms with Gasteiger partial charge < -0.3 is 5.32 Å². The van der Waals surface area contributed by atoms with E-state index in [1.807, 2.05) is 11.4 Å². The Hall–Kier alpha value is -1.40. The number of anilines is 2. The number of nitrogens with zero attached hydrogens (tertiary/aromatic N) is 2. The van der Waals surface area contributed by atoms with E-state index in [4.69, 9.17) is 5.84 Å². The van der Waals surface area contributed by atoms with Crippen molar-refractivity contribution in [3.8, 4) is 0 Å². The highest BCUT2D eigenvalue weighted by atomic mass is 32.1. The van der Waals surface area contributed by atoms with Crippen LogP contribution in [0.3, 0.4) is 0 Å². The molecule has 0 atom stereocenters. The molecule has 0 aliphatic rings. The molecule has 80 valence electrons. The van der Waals surface area contributed by atoms with Gasteiger partial charge in [-0.2, -0.15) is 4.98 Å². The molecule has 0 unspecified atom stereocenters. The van der Waals surface area contributed by atoms with Crippen molar-refractivity contribution in [2.24, 2.45) is 5.84 Å². The second-order valence-electron chi connectivity index (χ2n) is 3.48. The summed E-state index contributed by atoms with van der Waals surface area (Å²) >= 11 is 1.57. The maximum atomic E-state index is 5.31. The number of nitrogen functional groups attached to an aromatic ring is 1. The largest absolute Gasteiger partial charge is 0.367 e. The van der Waals surface area contributed by atoms with E-state index in [9.17, 15) is 0 Å². The van der Waals surface area contributed by atoms with Crippen molar-refractivity contribution in [1.29, 1.82) is 0 Å². The van der Waals surface area contributed by atoms with Crippen LogP contribution in [0.25, 0.3) is 10.2 Å². The molecule has 15 heavy (non-hydrogen) atoms. The predicted molar refractivity (Wildman–Crippen MR) is 64.0 cm³/mol. The highest BCUT2D eigenvalue weighted by Gasteiger charge is 2.08. The first kappa shape index (κ1) is 10.1. The van der Waals surface area contributed by atoms with Crippen molar-refractivity contribution in [3.05, 3.63) is 11.4 Å². The fourth-order valence-electron chi connectivity index (χ4n) is 1.30. The van der Waals surface area contributed by atoms with E-state index in [-0.39, 0.29) is 0 Å². The van der Waals surface area contributed by atoms with Crippen LogP contribution >= 0.6 is 11.3 Å². The standard InChI is InChI=1S/C9H13N5S/c1-5(2)11-7-6-3-4-15-8(6)13-9(12-7)14-10/h3-5H,10H2,1-2H3,(H2,11,12,13,14). The lowest BCUT2D eigenvalue weighted by Crippen LogP contribution is -2.15. The Morgan fingerprint density at radius 1 is 1.40 bits per heavy atom.